The monoisotopic (exact) mass is 409 g/mol. The van der Waals surface area contributed by atoms with Crippen LogP contribution in [0.15, 0.2) is 60.7 Å². The number of nitrogens with one attached hydrogen (secondary N) is 1. The minimum Gasteiger partial charge on any atom is -0.358 e. The van der Waals surface area contributed by atoms with Gasteiger partial charge in [-0.15, -0.1) is 11.3 Å². The molecule has 148 valence electrons. The van der Waals surface area contributed by atoms with E-state index in [0.717, 1.165) is 21.0 Å². The average Bonchev–Trinajstić information content (AvgIpc) is 3.22. The van der Waals surface area contributed by atoms with Crippen molar-refractivity contribution in [2.24, 2.45) is 0 Å². The van der Waals surface area contributed by atoms with Crippen molar-refractivity contribution < 1.29 is 14.0 Å². The van der Waals surface area contributed by atoms with Gasteiger partial charge >= 0.3 is 0 Å². The maximum absolute atomic E-state index is 13.3. The molecule has 1 aromatic heterocycles. The molecule has 2 aromatic carbocycles. The predicted molar refractivity (Wildman–Crippen MR) is 112 cm³/mol. The molecule has 0 bridgehead atoms. The van der Waals surface area contributed by atoms with Crippen LogP contribution >= 0.6 is 11.3 Å². The maximum atomic E-state index is 13.3. The van der Waals surface area contributed by atoms with E-state index < -0.39 is 6.17 Å². The van der Waals surface area contributed by atoms with Crippen LogP contribution in [-0.2, 0) is 4.79 Å². The standard InChI is InChI=1S/C22H20FN3O2S/c1-24-20(27)13-26-17-6-4-3-5-16(17)22(28)25(2)21(26)19-12-11-18(29-19)14-7-9-15(23)10-8-14/h3-12,21H,13H2,1-2H3,(H,24,27). The van der Waals surface area contributed by atoms with Crippen LogP contribution in [0.1, 0.15) is 21.4 Å². The van der Waals surface area contributed by atoms with Crippen LogP contribution in [0.5, 0.6) is 0 Å². The fourth-order valence-electron chi connectivity index (χ4n) is 3.56. The minimum atomic E-state index is -0.408. The summed E-state index contributed by atoms with van der Waals surface area (Å²) in [6.07, 6.45) is -0.408. The summed E-state index contributed by atoms with van der Waals surface area (Å²) in [5.74, 6) is -0.505. The number of amides is 2. The number of carbonyl (C=O) groups is 2. The third-order valence-corrected chi connectivity index (χ3v) is 6.20. The molecular weight excluding hydrogens is 389 g/mol. The van der Waals surface area contributed by atoms with Gasteiger partial charge in [0.1, 0.15) is 12.0 Å². The first-order chi connectivity index (χ1) is 14.0. The summed E-state index contributed by atoms with van der Waals surface area (Å²) in [6.45, 7) is 0.125. The fraction of sp³-hybridized carbons (Fsp3) is 0.182. The van der Waals surface area contributed by atoms with Crippen molar-refractivity contribution >= 4 is 28.8 Å². The van der Waals surface area contributed by atoms with Crippen LogP contribution < -0.4 is 10.2 Å². The number of para-hydroxylation sites is 1. The molecule has 1 aliphatic heterocycles. The first-order valence-electron chi connectivity index (χ1n) is 9.18. The van der Waals surface area contributed by atoms with E-state index >= 15 is 0 Å². The number of anilines is 1. The van der Waals surface area contributed by atoms with Crippen molar-refractivity contribution in [1.29, 1.82) is 0 Å². The largest absolute Gasteiger partial charge is 0.358 e. The van der Waals surface area contributed by atoms with Crippen molar-refractivity contribution in [2.75, 3.05) is 25.5 Å². The molecule has 0 fully saturated rings. The third kappa shape index (κ3) is 3.49. The zero-order valence-corrected chi connectivity index (χ0v) is 16.9. The highest BCUT2D eigenvalue weighted by Gasteiger charge is 2.37. The van der Waals surface area contributed by atoms with Crippen molar-refractivity contribution in [3.8, 4) is 10.4 Å². The molecule has 1 unspecified atom stereocenters. The van der Waals surface area contributed by atoms with Gasteiger partial charge in [0.2, 0.25) is 5.91 Å². The molecule has 4 rings (SSSR count). The van der Waals surface area contributed by atoms with Crippen molar-refractivity contribution in [1.82, 2.24) is 10.2 Å². The summed E-state index contributed by atoms with van der Waals surface area (Å²) >= 11 is 1.53. The zero-order valence-electron chi connectivity index (χ0n) is 16.1. The lowest BCUT2D eigenvalue weighted by Gasteiger charge is -2.43. The summed E-state index contributed by atoms with van der Waals surface area (Å²) in [7, 11) is 3.34. The van der Waals surface area contributed by atoms with E-state index in [2.05, 4.69) is 5.32 Å². The van der Waals surface area contributed by atoms with Gasteiger partial charge in [-0.3, -0.25) is 9.59 Å². The Hall–Kier alpha value is -3.19. The van der Waals surface area contributed by atoms with Crippen LogP contribution in [0.3, 0.4) is 0 Å². The summed E-state index contributed by atoms with van der Waals surface area (Å²) < 4.78 is 13.3. The second-order valence-electron chi connectivity index (χ2n) is 6.82. The fourth-order valence-corrected chi connectivity index (χ4v) is 4.73. The Labute approximate surface area is 172 Å². The molecule has 29 heavy (non-hydrogen) atoms. The summed E-state index contributed by atoms with van der Waals surface area (Å²) in [4.78, 5) is 30.7. The van der Waals surface area contributed by atoms with Gasteiger partial charge in [-0.2, -0.15) is 0 Å². The molecule has 3 aromatic rings. The van der Waals surface area contributed by atoms with E-state index in [1.165, 1.54) is 23.5 Å². The Morgan fingerprint density at radius 3 is 2.55 bits per heavy atom. The molecule has 2 heterocycles. The average molecular weight is 409 g/mol. The van der Waals surface area contributed by atoms with Crippen LogP contribution in [0.25, 0.3) is 10.4 Å². The number of benzene rings is 2. The lowest BCUT2D eigenvalue weighted by atomic mass is 10.0. The van der Waals surface area contributed by atoms with Gasteiger partial charge in [0.25, 0.3) is 5.91 Å². The molecule has 0 spiro atoms. The molecule has 7 heteroatoms. The first kappa shape index (κ1) is 19.1. The van der Waals surface area contributed by atoms with Gasteiger partial charge in [-0.25, -0.2) is 4.39 Å². The van der Waals surface area contributed by atoms with Crippen molar-refractivity contribution in [2.45, 2.75) is 6.17 Å². The molecule has 1 aliphatic rings. The molecule has 1 N–H and O–H groups in total. The summed E-state index contributed by atoms with van der Waals surface area (Å²) in [5, 5.41) is 2.66. The minimum absolute atomic E-state index is 0.0875. The highest BCUT2D eigenvalue weighted by Crippen LogP contribution is 2.41. The topological polar surface area (TPSA) is 52.7 Å². The number of thiophene rings is 1. The number of fused-ring (bicyclic) bond motifs is 1. The molecule has 2 amide bonds. The lowest BCUT2D eigenvalue weighted by molar-refractivity contribution is -0.119. The number of likely N-dealkylation sites (N-methyl/N-ethyl adjacent to an activating group) is 1. The third-order valence-electron chi connectivity index (χ3n) is 5.03. The molecule has 5 nitrogen and oxygen atoms in total. The summed E-state index contributed by atoms with van der Waals surface area (Å²) in [5.41, 5.74) is 2.22. The van der Waals surface area contributed by atoms with Gasteiger partial charge < -0.3 is 15.1 Å². The van der Waals surface area contributed by atoms with E-state index in [1.807, 2.05) is 35.2 Å². The first-order valence-corrected chi connectivity index (χ1v) is 10.0. The molecule has 0 saturated heterocycles. The highest BCUT2D eigenvalue weighted by atomic mass is 32.1. The van der Waals surface area contributed by atoms with Crippen LogP contribution in [0.2, 0.25) is 0 Å². The van der Waals surface area contributed by atoms with Crippen LogP contribution in [-0.4, -0.2) is 37.4 Å². The Morgan fingerprint density at radius 1 is 1.10 bits per heavy atom. The van der Waals surface area contributed by atoms with E-state index in [0.29, 0.717) is 5.56 Å². The van der Waals surface area contributed by atoms with Gasteiger partial charge in [0.15, 0.2) is 0 Å². The van der Waals surface area contributed by atoms with Crippen LogP contribution in [0, 0.1) is 5.82 Å². The predicted octanol–water partition coefficient (Wildman–Crippen LogP) is 3.89. The molecule has 0 aliphatic carbocycles. The molecule has 0 saturated carbocycles. The number of hydrogen-bond acceptors (Lipinski definition) is 4. The smallest absolute Gasteiger partial charge is 0.257 e. The maximum Gasteiger partial charge on any atom is 0.257 e. The summed E-state index contributed by atoms with van der Waals surface area (Å²) in [6, 6.07) is 17.6. The lowest BCUT2D eigenvalue weighted by Crippen LogP contribution is -2.50. The van der Waals surface area contributed by atoms with E-state index in [9.17, 15) is 14.0 Å². The number of nitrogens with zero attached hydrogens (tertiary/aromatic N) is 2. The van der Waals surface area contributed by atoms with Crippen molar-refractivity contribution in [3.63, 3.8) is 0 Å². The number of carbonyl (C=O) groups excluding carboxylic acids is 2. The highest BCUT2D eigenvalue weighted by molar-refractivity contribution is 7.15. The van der Waals surface area contributed by atoms with E-state index in [1.54, 1.807) is 37.2 Å². The quantitative estimate of drug-likeness (QED) is 0.711. The zero-order chi connectivity index (χ0) is 20.5. The Bertz CT molecular complexity index is 1060. The number of rotatable bonds is 4. The van der Waals surface area contributed by atoms with Gasteiger partial charge in [-0.05, 0) is 42.0 Å². The van der Waals surface area contributed by atoms with E-state index in [-0.39, 0.29) is 24.2 Å². The molecule has 1 atom stereocenters. The number of halogens is 1. The second kappa shape index (κ2) is 7.67. The second-order valence-corrected chi connectivity index (χ2v) is 7.93. The van der Waals surface area contributed by atoms with E-state index in [4.69, 9.17) is 0 Å². The Balaban J connectivity index is 1.77. The normalized spacial score (nSPS) is 16.0. The SMILES string of the molecule is CNC(=O)CN1c2ccccc2C(=O)N(C)C1c1ccc(-c2ccc(F)cc2)s1. The van der Waals surface area contributed by atoms with Crippen LogP contribution in [0.4, 0.5) is 10.1 Å². The Kier molecular flexibility index (Phi) is 5.07. The van der Waals surface area contributed by atoms with Gasteiger partial charge in [0, 0.05) is 23.8 Å². The van der Waals surface area contributed by atoms with Gasteiger partial charge in [0.05, 0.1) is 17.8 Å². The Morgan fingerprint density at radius 2 is 1.83 bits per heavy atom. The molecule has 0 radical (unpaired) electrons. The van der Waals surface area contributed by atoms with Gasteiger partial charge in [-0.1, -0.05) is 24.3 Å². The number of hydrogen-bond donors (Lipinski definition) is 1. The van der Waals surface area contributed by atoms with Crippen molar-refractivity contribution in [3.05, 3.63) is 76.9 Å². The molecular formula is C22H20FN3O2S.